The van der Waals surface area contributed by atoms with Crippen LogP contribution in [0.3, 0.4) is 0 Å². The van der Waals surface area contributed by atoms with E-state index in [0.29, 0.717) is 0 Å². The lowest BCUT2D eigenvalue weighted by atomic mass is 10.5. The summed E-state index contributed by atoms with van der Waals surface area (Å²) < 4.78 is 1.23. The number of hydrogen-bond donors (Lipinski definition) is 0. The molecule has 1 aromatic heterocycles. The maximum Gasteiger partial charge on any atom is 0.0907 e. The molecule has 1 aliphatic rings. The molecular weight excluding hydrogens is 154 g/mol. The fourth-order valence-electron chi connectivity index (χ4n) is 1.00. The molecule has 1 heterocycles. The van der Waals surface area contributed by atoms with Crippen molar-refractivity contribution in [2.24, 2.45) is 0 Å². The zero-order chi connectivity index (χ0) is 7.68. The summed E-state index contributed by atoms with van der Waals surface area (Å²) in [6.07, 6.45) is 7.83. The normalized spacial score (nSPS) is 13.2. The first-order valence-electron chi connectivity index (χ1n) is 3.43. The first-order valence-corrected chi connectivity index (χ1v) is 4.24. The lowest BCUT2D eigenvalue weighted by Gasteiger charge is -1.69. The van der Waals surface area contributed by atoms with Gasteiger partial charge in [0.15, 0.2) is 0 Å². The maximum atomic E-state index is 4.35. The number of fused-ring (bicyclic) bond motifs is 1. The Morgan fingerprint density at radius 1 is 1.36 bits per heavy atom. The third-order valence-corrected chi connectivity index (χ3v) is 2.41. The summed E-state index contributed by atoms with van der Waals surface area (Å²) in [6, 6.07) is 0. The Labute approximate surface area is 68.7 Å². The van der Waals surface area contributed by atoms with Crippen LogP contribution in [0.4, 0.5) is 0 Å². The largest absolute Gasteiger partial charge is 0.241 e. The van der Waals surface area contributed by atoms with E-state index in [1.54, 1.807) is 11.3 Å². The lowest BCUT2D eigenvalue weighted by molar-refractivity contribution is 1.23. The molecule has 0 N–H and O–H groups in total. The average molecular weight is 161 g/mol. The molecule has 11 heavy (non-hydrogen) atoms. The molecule has 0 spiro atoms. The van der Waals surface area contributed by atoms with Gasteiger partial charge in [-0.25, -0.2) is 4.98 Å². The standard InChI is InChI=1S/C9H7NS/c1-7-10-8-5-3-2-4-6-9(8)11-7/h3-6H,1H3. The Balaban J connectivity index is 2.88. The van der Waals surface area contributed by atoms with Crippen molar-refractivity contribution in [1.29, 1.82) is 0 Å². The molecule has 0 unspecified atom stereocenters. The molecule has 0 aromatic carbocycles. The first-order chi connectivity index (χ1) is 5.36. The van der Waals surface area contributed by atoms with Crippen LogP contribution in [-0.2, 0) is 0 Å². The van der Waals surface area contributed by atoms with Crippen molar-refractivity contribution in [3.05, 3.63) is 32.8 Å². The molecule has 2 rings (SSSR count). The number of thiazole rings is 1. The van der Waals surface area contributed by atoms with Crippen molar-refractivity contribution in [1.82, 2.24) is 4.98 Å². The van der Waals surface area contributed by atoms with E-state index >= 15 is 0 Å². The zero-order valence-electron chi connectivity index (χ0n) is 6.16. The highest BCUT2D eigenvalue weighted by atomic mass is 32.1. The average Bonchev–Trinajstić information content (AvgIpc) is 2.17. The monoisotopic (exact) mass is 161 g/mol. The van der Waals surface area contributed by atoms with Crippen molar-refractivity contribution >= 4 is 23.5 Å². The second-order valence-corrected chi connectivity index (χ2v) is 3.55. The second-order valence-electron chi connectivity index (χ2n) is 2.32. The predicted octanol–water partition coefficient (Wildman–Crippen LogP) is 0.737. The van der Waals surface area contributed by atoms with Gasteiger partial charge in [0.1, 0.15) is 0 Å². The highest BCUT2D eigenvalue weighted by Crippen LogP contribution is 1.91. The van der Waals surface area contributed by atoms with E-state index in [9.17, 15) is 0 Å². The third kappa shape index (κ3) is 1.18. The summed E-state index contributed by atoms with van der Waals surface area (Å²) in [5.74, 6) is 0. The van der Waals surface area contributed by atoms with Crippen molar-refractivity contribution in [2.45, 2.75) is 6.92 Å². The number of aromatic nitrogens is 1. The van der Waals surface area contributed by atoms with Gasteiger partial charge in [-0.1, -0.05) is 0 Å². The van der Waals surface area contributed by atoms with E-state index in [-0.39, 0.29) is 0 Å². The molecule has 0 saturated carbocycles. The number of rotatable bonds is 0. The van der Waals surface area contributed by atoms with Gasteiger partial charge in [-0.2, -0.15) is 0 Å². The summed E-state index contributed by atoms with van der Waals surface area (Å²) in [6.45, 7) is 2.02. The lowest BCUT2D eigenvalue weighted by Crippen LogP contribution is -2.19. The van der Waals surface area contributed by atoms with E-state index in [1.165, 1.54) is 4.53 Å². The molecule has 0 radical (unpaired) electrons. The SMILES string of the molecule is Cc1nc2c(s1)=CC=C=CC=2. The predicted molar refractivity (Wildman–Crippen MR) is 47.7 cm³/mol. The number of nitrogens with zero attached hydrogens (tertiary/aromatic N) is 1. The number of hydrogen-bond acceptors (Lipinski definition) is 2. The van der Waals surface area contributed by atoms with Crippen LogP contribution in [0.2, 0.25) is 0 Å². The molecule has 0 amide bonds. The fourth-order valence-corrected chi connectivity index (χ4v) is 1.82. The molecule has 0 saturated heterocycles. The molecule has 1 aromatic rings. The first kappa shape index (κ1) is 6.59. The molecule has 0 bridgehead atoms. The van der Waals surface area contributed by atoms with Gasteiger partial charge in [-0.05, 0) is 31.2 Å². The van der Waals surface area contributed by atoms with Crippen LogP contribution >= 0.6 is 11.3 Å². The van der Waals surface area contributed by atoms with Gasteiger partial charge in [0.25, 0.3) is 0 Å². The van der Waals surface area contributed by atoms with E-state index in [0.717, 1.165) is 10.4 Å². The molecule has 0 fully saturated rings. The molecule has 54 valence electrons. The van der Waals surface area contributed by atoms with Crippen LogP contribution in [0.15, 0.2) is 17.9 Å². The topological polar surface area (TPSA) is 12.9 Å². The van der Waals surface area contributed by atoms with Crippen LogP contribution < -0.4 is 9.88 Å². The van der Waals surface area contributed by atoms with Crippen LogP contribution in [0, 0.1) is 6.92 Å². The van der Waals surface area contributed by atoms with Crippen LogP contribution in [0.25, 0.3) is 12.2 Å². The Morgan fingerprint density at radius 3 is 3.09 bits per heavy atom. The minimum atomic E-state index is 1.06. The van der Waals surface area contributed by atoms with E-state index in [1.807, 2.05) is 31.2 Å². The molecule has 0 atom stereocenters. The Morgan fingerprint density at radius 2 is 2.18 bits per heavy atom. The van der Waals surface area contributed by atoms with Gasteiger partial charge in [0.2, 0.25) is 0 Å². The van der Waals surface area contributed by atoms with Crippen molar-refractivity contribution in [2.75, 3.05) is 0 Å². The molecule has 0 aliphatic heterocycles. The van der Waals surface area contributed by atoms with Gasteiger partial charge in [-0.3, -0.25) is 0 Å². The second kappa shape index (κ2) is 2.50. The highest BCUT2D eigenvalue weighted by Gasteiger charge is 1.92. The van der Waals surface area contributed by atoms with Gasteiger partial charge in [0.05, 0.1) is 14.9 Å². The Hall–Kier alpha value is -1.11. The minimum absolute atomic E-state index is 1.06. The third-order valence-electron chi connectivity index (χ3n) is 1.46. The molecule has 2 heteroatoms. The highest BCUT2D eigenvalue weighted by molar-refractivity contribution is 7.09. The fraction of sp³-hybridized carbons (Fsp3) is 0.111. The minimum Gasteiger partial charge on any atom is -0.241 e. The summed E-state index contributed by atoms with van der Waals surface area (Å²) in [7, 11) is 0. The number of allylic oxidation sites excluding steroid dienone is 1. The summed E-state index contributed by atoms with van der Waals surface area (Å²) in [5, 5.41) is 2.18. The van der Waals surface area contributed by atoms with Gasteiger partial charge in [0, 0.05) is 0 Å². The van der Waals surface area contributed by atoms with Crippen molar-refractivity contribution < 1.29 is 0 Å². The summed E-state index contributed by atoms with van der Waals surface area (Å²) in [5.41, 5.74) is 3.01. The quantitative estimate of drug-likeness (QED) is 0.511. The number of aryl methyl sites for hydroxylation is 1. The molecular formula is C9H7NS. The van der Waals surface area contributed by atoms with Crippen LogP contribution in [0.1, 0.15) is 5.01 Å². The van der Waals surface area contributed by atoms with E-state index in [4.69, 9.17) is 0 Å². The van der Waals surface area contributed by atoms with E-state index in [2.05, 4.69) is 10.7 Å². The Kier molecular flexibility index (Phi) is 1.50. The summed E-state index contributed by atoms with van der Waals surface area (Å²) >= 11 is 1.71. The Bertz CT molecular complexity index is 407. The molecule has 1 aliphatic carbocycles. The summed E-state index contributed by atoms with van der Waals surface area (Å²) in [4.78, 5) is 4.35. The van der Waals surface area contributed by atoms with Crippen LogP contribution in [-0.4, -0.2) is 4.98 Å². The van der Waals surface area contributed by atoms with Gasteiger partial charge in [-0.15, -0.1) is 17.1 Å². The molecule has 1 nitrogen and oxygen atoms in total. The maximum absolute atomic E-state index is 4.35. The van der Waals surface area contributed by atoms with Crippen molar-refractivity contribution in [3.8, 4) is 0 Å². The zero-order valence-corrected chi connectivity index (χ0v) is 6.98. The van der Waals surface area contributed by atoms with Gasteiger partial charge >= 0.3 is 0 Å². The van der Waals surface area contributed by atoms with Crippen LogP contribution in [0.5, 0.6) is 0 Å². The van der Waals surface area contributed by atoms with E-state index < -0.39 is 0 Å². The van der Waals surface area contributed by atoms with Crippen molar-refractivity contribution in [3.63, 3.8) is 0 Å². The van der Waals surface area contributed by atoms with Gasteiger partial charge < -0.3 is 0 Å². The smallest absolute Gasteiger partial charge is 0.0907 e.